The zero-order chi connectivity index (χ0) is 20.0. The van der Waals surface area contributed by atoms with Crippen LogP contribution in [0.2, 0.25) is 5.02 Å². The molecule has 0 unspecified atom stereocenters. The minimum atomic E-state index is -0.405. The van der Waals surface area contributed by atoms with Crippen LogP contribution in [0.5, 0.6) is 0 Å². The Hall–Kier alpha value is -2.67. The van der Waals surface area contributed by atoms with Crippen molar-refractivity contribution in [1.82, 2.24) is 24.9 Å². The number of hydrogen-bond donors (Lipinski definition) is 1. The number of aromatic amines is 1. The average Bonchev–Trinajstić information content (AvgIpc) is 3.31. The molecule has 0 saturated heterocycles. The lowest BCUT2D eigenvalue weighted by Crippen LogP contribution is -2.33. The van der Waals surface area contributed by atoms with Gasteiger partial charge in [0.05, 0.1) is 17.9 Å². The van der Waals surface area contributed by atoms with Gasteiger partial charge < -0.3 is 4.90 Å². The van der Waals surface area contributed by atoms with Gasteiger partial charge in [-0.15, -0.1) is 0 Å². The zero-order valence-electron chi connectivity index (χ0n) is 16.0. The van der Waals surface area contributed by atoms with E-state index in [1.807, 2.05) is 20.9 Å². The van der Waals surface area contributed by atoms with Crippen molar-refractivity contribution in [3.8, 4) is 11.3 Å². The lowest BCUT2D eigenvalue weighted by Gasteiger charge is -2.22. The molecule has 0 radical (unpaired) electrons. The van der Waals surface area contributed by atoms with Gasteiger partial charge in [-0.1, -0.05) is 17.7 Å². The Morgan fingerprint density at radius 1 is 1.39 bits per heavy atom. The van der Waals surface area contributed by atoms with Crippen molar-refractivity contribution < 1.29 is 9.18 Å². The first-order valence-corrected chi connectivity index (χ1v) is 9.54. The van der Waals surface area contributed by atoms with Gasteiger partial charge in [0.2, 0.25) is 0 Å². The van der Waals surface area contributed by atoms with Crippen LogP contribution in [0.1, 0.15) is 40.3 Å². The lowest BCUT2D eigenvalue weighted by atomic mass is 10.1. The minimum absolute atomic E-state index is 0.0942. The Morgan fingerprint density at radius 3 is 2.75 bits per heavy atom. The highest BCUT2D eigenvalue weighted by Crippen LogP contribution is 2.32. The Kier molecular flexibility index (Phi) is 4.71. The molecule has 2 aromatic heterocycles. The van der Waals surface area contributed by atoms with E-state index in [4.69, 9.17) is 11.6 Å². The summed E-state index contributed by atoms with van der Waals surface area (Å²) in [4.78, 5) is 14.8. The van der Waals surface area contributed by atoms with E-state index >= 15 is 0 Å². The first-order chi connectivity index (χ1) is 13.4. The number of aryl methyl sites for hydroxylation is 2. The summed E-state index contributed by atoms with van der Waals surface area (Å²) in [7, 11) is 1.87. The summed E-state index contributed by atoms with van der Waals surface area (Å²) in [5.74, 6) is -0.613. The van der Waals surface area contributed by atoms with Crippen molar-refractivity contribution in [1.29, 1.82) is 0 Å². The van der Waals surface area contributed by atoms with Crippen molar-refractivity contribution >= 4 is 17.5 Å². The molecule has 1 aliphatic rings. The molecular weight excluding hydrogens is 381 g/mol. The molecule has 0 bridgehead atoms. The number of hydrogen-bond acceptors (Lipinski definition) is 3. The van der Waals surface area contributed by atoms with Crippen molar-refractivity contribution in [2.24, 2.45) is 7.05 Å². The summed E-state index contributed by atoms with van der Waals surface area (Å²) in [5.41, 5.74) is 4.11. The van der Waals surface area contributed by atoms with Gasteiger partial charge in [0.1, 0.15) is 11.5 Å². The Balaban J connectivity index is 1.63. The highest BCUT2D eigenvalue weighted by Gasteiger charge is 2.35. The summed E-state index contributed by atoms with van der Waals surface area (Å²) in [6.45, 7) is 4.01. The lowest BCUT2D eigenvalue weighted by molar-refractivity contribution is 0.0722. The van der Waals surface area contributed by atoms with Gasteiger partial charge >= 0.3 is 0 Å². The molecule has 1 amide bonds. The van der Waals surface area contributed by atoms with Crippen LogP contribution in [0.25, 0.3) is 11.3 Å². The monoisotopic (exact) mass is 401 g/mol. The zero-order valence-corrected chi connectivity index (χ0v) is 16.7. The maximum Gasteiger partial charge on any atom is 0.272 e. The second-order valence-electron chi connectivity index (χ2n) is 7.20. The molecule has 4 rings (SSSR count). The van der Waals surface area contributed by atoms with E-state index in [0.717, 1.165) is 29.8 Å². The van der Waals surface area contributed by atoms with Crippen molar-refractivity contribution in [3.05, 3.63) is 57.8 Å². The molecule has 1 aliphatic carbocycles. The fourth-order valence-corrected chi connectivity index (χ4v) is 3.69. The third-order valence-electron chi connectivity index (χ3n) is 5.21. The number of H-pyrrole nitrogens is 1. The number of aromatic nitrogens is 4. The smallest absolute Gasteiger partial charge is 0.272 e. The predicted molar refractivity (Wildman–Crippen MR) is 105 cm³/mol. The van der Waals surface area contributed by atoms with E-state index in [0.29, 0.717) is 22.0 Å². The number of amides is 1. The van der Waals surface area contributed by atoms with Crippen LogP contribution < -0.4 is 0 Å². The third-order valence-corrected chi connectivity index (χ3v) is 5.57. The molecule has 3 aromatic rings. The highest BCUT2D eigenvalue weighted by molar-refractivity contribution is 6.31. The van der Waals surface area contributed by atoms with E-state index in [9.17, 15) is 9.18 Å². The van der Waals surface area contributed by atoms with Gasteiger partial charge in [0.15, 0.2) is 0 Å². The molecule has 8 heteroatoms. The molecule has 0 atom stereocenters. The summed E-state index contributed by atoms with van der Waals surface area (Å²) in [6, 6.07) is 6.38. The van der Waals surface area contributed by atoms with Crippen molar-refractivity contribution in [3.63, 3.8) is 0 Å². The predicted octanol–water partition coefficient (Wildman–Crippen LogP) is 4.02. The van der Waals surface area contributed by atoms with Gasteiger partial charge in [-0.25, -0.2) is 4.39 Å². The standard InChI is InChI=1S/C20H21ClFN5O/c1-11-19(12(2)26(3)25-11)17-9-18(24-23-17)20(28)27(13-7-8-13)10-14-15(21)5-4-6-16(14)22/h4-6,9,13H,7-8,10H2,1-3H3,(H,23,24). The van der Waals surface area contributed by atoms with Gasteiger partial charge in [0.25, 0.3) is 5.91 Å². The number of nitrogens with one attached hydrogen (secondary N) is 1. The molecule has 2 heterocycles. The summed E-state index contributed by atoms with van der Waals surface area (Å²) >= 11 is 6.16. The van der Waals surface area contributed by atoms with Crippen LogP contribution in [0.4, 0.5) is 4.39 Å². The Bertz CT molecular complexity index is 1030. The number of halogens is 2. The van der Waals surface area contributed by atoms with E-state index in [-0.39, 0.29) is 18.5 Å². The van der Waals surface area contributed by atoms with Gasteiger partial charge in [-0.05, 0) is 44.9 Å². The Labute approximate surface area is 167 Å². The van der Waals surface area contributed by atoms with Crippen molar-refractivity contribution in [2.75, 3.05) is 0 Å². The van der Waals surface area contributed by atoms with E-state index in [2.05, 4.69) is 15.3 Å². The topological polar surface area (TPSA) is 66.8 Å². The largest absolute Gasteiger partial charge is 0.330 e. The quantitative estimate of drug-likeness (QED) is 0.702. The maximum absolute atomic E-state index is 14.2. The first kappa shape index (κ1) is 18.7. The SMILES string of the molecule is Cc1nn(C)c(C)c1-c1cc(C(=O)N(Cc2c(F)cccc2Cl)C2CC2)[nH]n1. The number of nitrogens with zero attached hydrogens (tertiary/aromatic N) is 4. The van der Waals surface area contributed by atoms with E-state index in [1.54, 1.807) is 27.8 Å². The molecule has 28 heavy (non-hydrogen) atoms. The molecule has 0 spiro atoms. The maximum atomic E-state index is 14.2. The van der Waals surface area contributed by atoms with E-state index < -0.39 is 5.82 Å². The van der Waals surface area contributed by atoms with Crippen LogP contribution in [-0.2, 0) is 13.6 Å². The number of carbonyl (C=O) groups is 1. The molecule has 146 valence electrons. The summed E-state index contributed by atoms with van der Waals surface area (Å²) < 4.78 is 16.0. The molecule has 1 N–H and O–H groups in total. The summed E-state index contributed by atoms with van der Waals surface area (Å²) in [6.07, 6.45) is 1.80. The molecule has 1 aromatic carbocycles. The molecule has 1 fully saturated rings. The number of carbonyl (C=O) groups excluding carboxylic acids is 1. The average molecular weight is 402 g/mol. The second-order valence-corrected chi connectivity index (χ2v) is 7.61. The normalized spacial score (nSPS) is 13.8. The fourth-order valence-electron chi connectivity index (χ4n) is 3.47. The molecule has 6 nitrogen and oxygen atoms in total. The van der Waals surface area contributed by atoms with E-state index in [1.165, 1.54) is 6.07 Å². The van der Waals surface area contributed by atoms with Crippen LogP contribution in [0.15, 0.2) is 24.3 Å². The minimum Gasteiger partial charge on any atom is -0.330 e. The Morgan fingerprint density at radius 2 is 2.14 bits per heavy atom. The van der Waals surface area contributed by atoms with Gasteiger partial charge in [-0.3, -0.25) is 14.6 Å². The van der Waals surface area contributed by atoms with Crippen LogP contribution in [0, 0.1) is 19.7 Å². The number of benzene rings is 1. The van der Waals surface area contributed by atoms with Crippen LogP contribution in [-0.4, -0.2) is 36.8 Å². The summed E-state index contributed by atoms with van der Waals surface area (Å²) in [5, 5.41) is 11.9. The molecule has 1 saturated carbocycles. The van der Waals surface area contributed by atoms with Gasteiger partial charge in [0, 0.05) is 34.9 Å². The van der Waals surface area contributed by atoms with Gasteiger partial charge in [-0.2, -0.15) is 10.2 Å². The van der Waals surface area contributed by atoms with Crippen molar-refractivity contribution in [2.45, 2.75) is 39.3 Å². The van der Waals surface area contributed by atoms with Crippen LogP contribution in [0.3, 0.4) is 0 Å². The highest BCUT2D eigenvalue weighted by atomic mass is 35.5. The first-order valence-electron chi connectivity index (χ1n) is 9.16. The molecular formula is C20H21ClFN5O. The van der Waals surface area contributed by atoms with Crippen LogP contribution >= 0.6 is 11.6 Å². The second kappa shape index (κ2) is 7.05. The molecule has 0 aliphatic heterocycles. The fraction of sp³-hybridized carbons (Fsp3) is 0.350. The number of rotatable bonds is 5. The third kappa shape index (κ3) is 3.30.